The fourth-order valence-corrected chi connectivity index (χ4v) is 8.07. The van der Waals surface area contributed by atoms with Crippen molar-refractivity contribution in [3.8, 4) is 0 Å². The normalized spacial score (nSPS) is 41.5. The van der Waals surface area contributed by atoms with Crippen molar-refractivity contribution >= 4 is 11.6 Å². The summed E-state index contributed by atoms with van der Waals surface area (Å²) in [7, 11) is 0. The van der Waals surface area contributed by atoms with Gasteiger partial charge in [-0.25, -0.2) is 0 Å². The molecule has 0 heterocycles. The van der Waals surface area contributed by atoms with Crippen LogP contribution in [0.3, 0.4) is 0 Å². The van der Waals surface area contributed by atoms with Crippen molar-refractivity contribution in [1.29, 1.82) is 0 Å². The molecule has 0 aromatic rings. The topological polar surface area (TPSA) is 74.6 Å². The number of carbonyl (C=O) groups is 2. The Morgan fingerprint density at radius 3 is 2.65 bits per heavy atom. The summed E-state index contributed by atoms with van der Waals surface area (Å²) >= 11 is 0. The van der Waals surface area contributed by atoms with Gasteiger partial charge in [-0.15, -0.1) is 0 Å². The summed E-state index contributed by atoms with van der Waals surface area (Å²) in [6.07, 6.45) is 12.2. The van der Waals surface area contributed by atoms with E-state index < -0.39 is 16.9 Å². The summed E-state index contributed by atoms with van der Waals surface area (Å²) in [5, 5.41) is 22.2. The zero-order valence-electron chi connectivity index (χ0n) is 19.7. The molecule has 3 saturated carbocycles. The third kappa shape index (κ3) is 3.58. The molecule has 2 N–H and O–H groups in total. The SMILES string of the molecule is CC(C)CCC[C@](C)(O)[C@H]1C(=O)CC2C3CCC4=CC(=O)C=C[C@]4(C)C3CC[C@@]21CO. The Hall–Kier alpha value is -1.26. The zero-order chi connectivity index (χ0) is 22.6. The first-order chi connectivity index (χ1) is 14.5. The lowest BCUT2D eigenvalue weighted by molar-refractivity contribution is -0.148. The molecule has 0 aromatic carbocycles. The van der Waals surface area contributed by atoms with Gasteiger partial charge in [-0.3, -0.25) is 9.59 Å². The van der Waals surface area contributed by atoms with Crippen molar-refractivity contribution in [3.63, 3.8) is 0 Å². The Balaban J connectivity index is 1.63. The van der Waals surface area contributed by atoms with Crippen molar-refractivity contribution in [2.75, 3.05) is 6.61 Å². The van der Waals surface area contributed by atoms with Crippen molar-refractivity contribution in [2.45, 2.75) is 84.7 Å². The van der Waals surface area contributed by atoms with Crippen molar-refractivity contribution in [1.82, 2.24) is 0 Å². The number of Topliss-reactive ketones (excluding diaryl/α,β-unsaturated/α-hetero) is 1. The highest BCUT2D eigenvalue weighted by atomic mass is 16.3. The number of aliphatic hydroxyl groups excluding tert-OH is 1. The van der Waals surface area contributed by atoms with Crippen LogP contribution in [0.15, 0.2) is 23.8 Å². The first kappa shape index (κ1) is 22.9. The van der Waals surface area contributed by atoms with Gasteiger partial charge in [-0.1, -0.05) is 45.3 Å². The lowest BCUT2D eigenvalue weighted by Crippen LogP contribution is -2.55. The molecule has 0 aliphatic heterocycles. The molecule has 4 aliphatic rings. The van der Waals surface area contributed by atoms with Crippen LogP contribution < -0.4 is 0 Å². The molecule has 4 rings (SSSR count). The van der Waals surface area contributed by atoms with Gasteiger partial charge in [0.25, 0.3) is 0 Å². The van der Waals surface area contributed by atoms with Gasteiger partial charge in [0.2, 0.25) is 0 Å². The smallest absolute Gasteiger partial charge is 0.178 e. The second-order valence-electron chi connectivity index (χ2n) is 11.8. The maximum absolute atomic E-state index is 13.4. The summed E-state index contributed by atoms with van der Waals surface area (Å²) in [5.41, 5.74) is -0.471. The van der Waals surface area contributed by atoms with Gasteiger partial charge in [-0.05, 0) is 74.9 Å². The third-order valence-electron chi connectivity index (χ3n) is 9.51. The number of ketones is 2. The maximum Gasteiger partial charge on any atom is 0.178 e. The summed E-state index contributed by atoms with van der Waals surface area (Å²) in [6.45, 7) is 8.43. The summed E-state index contributed by atoms with van der Waals surface area (Å²) in [6, 6.07) is 0. The van der Waals surface area contributed by atoms with Crippen LogP contribution in [0.1, 0.15) is 79.1 Å². The number of aliphatic hydroxyl groups is 2. The van der Waals surface area contributed by atoms with E-state index >= 15 is 0 Å². The first-order valence-corrected chi connectivity index (χ1v) is 12.4. The van der Waals surface area contributed by atoms with Crippen LogP contribution in [0.5, 0.6) is 0 Å². The molecular formula is C27H40O4. The van der Waals surface area contributed by atoms with Gasteiger partial charge in [0, 0.05) is 23.9 Å². The van der Waals surface area contributed by atoms with Gasteiger partial charge in [0.1, 0.15) is 5.78 Å². The molecule has 4 aliphatic carbocycles. The molecule has 0 amide bonds. The molecule has 31 heavy (non-hydrogen) atoms. The van der Waals surface area contributed by atoms with Crippen molar-refractivity contribution in [3.05, 3.63) is 23.8 Å². The minimum Gasteiger partial charge on any atom is -0.396 e. The fraction of sp³-hybridized carbons (Fsp3) is 0.778. The molecule has 0 bridgehead atoms. The second kappa shape index (κ2) is 7.95. The Bertz CT molecular complexity index is 806. The third-order valence-corrected chi connectivity index (χ3v) is 9.51. The molecule has 3 unspecified atom stereocenters. The molecule has 7 atom stereocenters. The largest absolute Gasteiger partial charge is 0.396 e. The van der Waals surface area contributed by atoms with Gasteiger partial charge in [0.15, 0.2) is 5.78 Å². The minimum absolute atomic E-state index is 0.0225. The van der Waals surface area contributed by atoms with E-state index in [9.17, 15) is 19.8 Å². The van der Waals surface area contributed by atoms with E-state index in [1.165, 1.54) is 5.57 Å². The van der Waals surface area contributed by atoms with Gasteiger partial charge in [0.05, 0.1) is 11.5 Å². The van der Waals surface area contributed by atoms with E-state index in [0.717, 1.165) is 38.5 Å². The highest BCUT2D eigenvalue weighted by Gasteiger charge is 2.65. The molecule has 0 spiro atoms. The molecule has 0 radical (unpaired) electrons. The Kier molecular flexibility index (Phi) is 5.88. The lowest BCUT2D eigenvalue weighted by Gasteiger charge is -2.58. The van der Waals surface area contributed by atoms with Crippen LogP contribution in [0, 0.1) is 40.4 Å². The number of hydrogen-bond acceptors (Lipinski definition) is 4. The van der Waals surface area contributed by atoms with Crippen molar-refractivity contribution in [2.24, 2.45) is 40.4 Å². The standard InChI is InChI=1S/C27H40O4/c1-17(2)6-5-11-26(4,31)24-23(30)15-22-20-8-7-18-14-19(29)9-12-25(18,3)21(20)10-13-27(22,24)16-28/h9,12,14,17,20-22,24,28,31H,5-8,10-11,13,15-16H2,1-4H3/t20?,21?,22?,24-,25+,26+,27-/m1/s1. The number of hydrogen-bond donors (Lipinski definition) is 2. The van der Waals surface area contributed by atoms with E-state index in [1.54, 1.807) is 6.08 Å². The second-order valence-corrected chi connectivity index (χ2v) is 11.8. The molecule has 4 nitrogen and oxygen atoms in total. The summed E-state index contributed by atoms with van der Waals surface area (Å²) in [4.78, 5) is 25.3. The van der Waals surface area contributed by atoms with Crippen LogP contribution in [0.2, 0.25) is 0 Å². The zero-order valence-corrected chi connectivity index (χ0v) is 19.7. The number of allylic oxidation sites excluding steroid dienone is 4. The van der Waals surface area contributed by atoms with Crippen LogP contribution in [0.4, 0.5) is 0 Å². The van der Waals surface area contributed by atoms with Gasteiger partial charge < -0.3 is 10.2 Å². The first-order valence-electron chi connectivity index (χ1n) is 12.4. The van der Waals surface area contributed by atoms with Crippen LogP contribution in [-0.2, 0) is 9.59 Å². The molecule has 3 fully saturated rings. The van der Waals surface area contributed by atoms with Crippen LogP contribution in [0.25, 0.3) is 0 Å². The van der Waals surface area contributed by atoms with Gasteiger partial charge >= 0.3 is 0 Å². The van der Waals surface area contributed by atoms with Crippen molar-refractivity contribution < 1.29 is 19.8 Å². The summed E-state index contributed by atoms with van der Waals surface area (Å²) in [5.74, 6) is 1.19. The average Bonchev–Trinajstić information content (AvgIpc) is 3.01. The Labute approximate surface area is 187 Å². The van der Waals surface area contributed by atoms with Crippen LogP contribution >= 0.6 is 0 Å². The monoisotopic (exact) mass is 428 g/mol. The number of rotatable bonds is 6. The van der Waals surface area contributed by atoms with E-state index in [2.05, 4.69) is 26.8 Å². The molecular weight excluding hydrogens is 388 g/mol. The number of fused-ring (bicyclic) bond motifs is 5. The highest BCUT2D eigenvalue weighted by Crippen LogP contribution is 2.66. The highest BCUT2D eigenvalue weighted by molar-refractivity contribution is 6.01. The number of carbonyl (C=O) groups excluding carboxylic acids is 2. The van der Waals surface area contributed by atoms with Gasteiger partial charge in [-0.2, -0.15) is 0 Å². The average molecular weight is 429 g/mol. The molecule has 172 valence electrons. The Morgan fingerprint density at radius 1 is 1.23 bits per heavy atom. The van der Waals surface area contributed by atoms with Crippen LogP contribution in [-0.4, -0.2) is 34.0 Å². The predicted octanol–water partition coefficient (Wildman–Crippen LogP) is 4.64. The van der Waals surface area contributed by atoms with E-state index in [1.807, 2.05) is 13.0 Å². The van der Waals surface area contributed by atoms with E-state index in [4.69, 9.17) is 0 Å². The van der Waals surface area contributed by atoms with E-state index in [-0.39, 0.29) is 29.5 Å². The summed E-state index contributed by atoms with van der Waals surface area (Å²) < 4.78 is 0. The Morgan fingerprint density at radius 2 is 1.97 bits per heavy atom. The quantitative estimate of drug-likeness (QED) is 0.646. The molecule has 4 heteroatoms. The van der Waals surface area contributed by atoms with E-state index in [0.29, 0.717) is 30.6 Å². The predicted molar refractivity (Wildman–Crippen MR) is 121 cm³/mol. The fourth-order valence-electron chi connectivity index (χ4n) is 8.07. The minimum atomic E-state index is -1.07. The maximum atomic E-state index is 13.4. The molecule has 0 aromatic heterocycles. The lowest BCUT2D eigenvalue weighted by atomic mass is 9.46. The molecule has 0 saturated heterocycles.